The van der Waals surface area contributed by atoms with Crippen molar-refractivity contribution in [1.82, 2.24) is 0 Å². The maximum atomic E-state index is 10.5. The lowest BCUT2D eigenvalue weighted by Crippen LogP contribution is -2.20. The molecule has 0 aliphatic carbocycles. The molecule has 0 saturated carbocycles. The zero-order valence-electron chi connectivity index (χ0n) is 9.14. The molecule has 0 fully saturated rings. The number of carbonyl (C=O) groups excluding carboxylic acids is 1. The van der Waals surface area contributed by atoms with Crippen LogP contribution < -0.4 is 0 Å². The smallest absolute Gasteiger partial charge is 0.302 e. The van der Waals surface area contributed by atoms with Gasteiger partial charge in [-0.15, -0.1) is 6.58 Å². The number of hydrogen-bond donors (Lipinski definition) is 0. The molecule has 0 rings (SSSR count). The Kier molecular flexibility index (Phi) is 4.99. The van der Waals surface area contributed by atoms with Gasteiger partial charge in [-0.1, -0.05) is 25.2 Å². The third kappa shape index (κ3) is 9.34. The summed E-state index contributed by atoms with van der Waals surface area (Å²) in [5.74, 6) is -0.208. The van der Waals surface area contributed by atoms with Crippen molar-refractivity contribution in [3.8, 4) is 0 Å². The first-order chi connectivity index (χ1) is 5.81. The van der Waals surface area contributed by atoms with Crippen molar-refractivity contribution in [3.63, 3.8) is 0 Å². The normalized spacial score (nSPS) is 11.1. The second-order valence-corrected chi connectivity index (χ2v) is 10.1. The monoisotopic (exact) mass is 200 g/mol. The van der Waals surface area contributed by atoms with E-state index in [1.165, 1.54) is 12.5 Å². The highest BCUT2D eigenvalue weighted by Crippen LogP contribution is 2.16. The summed E-state index contributed by atoms with van der Waals surface area (Å²) in [6.07, 6.45) is 0.809. The van der Waals surface area contributed by atoms with Gasteiger partial charge in [-0.05, 0) is 6.04 Å². The van der Waals surface area contributed by atoms with Gasteiger partial charge in [0.2, 0.25) is 0 Å². The predicted octanol–water partition coefficient (Wildman–Crippen LogP) is 2.83. The SMILES string of the molecule is C=C(CCOC(C)=O)C[Si](C)(C)C. The van der Waals surface area contributed by atoms with Crippen LogP contribution >= 0.6 is 0 Å². The molecule has 0 saturated heterocycles. The van der Waals surface area contributed by atoms with E-state index >= 15 is 0 Å². The first-order valence-electron chi connectivity index (χ1n) is 4.61. The average Bonchev–Trinajstić information content (AvgIpc) is 1.81. The molecule has 0 aromatic carbocycles. The Hall–Kier alpha value is -0.573. The van der Waals surface area contributed by atoms with E-state index in [0.29, 0.717) is 6.61 Å². The lowest BCUT2D eigenvalue weighted by molar-refractivity contribution is -0.140. The standard InChI is InChI=1S/C10H20O2Si/c1-9(8-13(3,4)5)6-7-12-10(2)11/h1,6-8H2,2-5H3. The lowest BCUT2D eigenvalue weighted by Gasteiger charge is -2.17. The molecule has 0 aliphatic heterocycles. The second-order valence-electron chi connectivity index (χ2n) is 4.58. The van der Waals surface area contributed by atoms with Gasteiger partial charge in [0.25, 0.3) is 0 Å². The molecular formula is C10H20O2Si. The van der Waals surface area contributed by atoms with E-state index in [0.717, 1.165) is 12.5 Å². The highest BCUT2D eigenvalue weighted by Gasteiger charge is 2.14. The first kappa shape index (κ1) is 12.4. The number of esters is 1. The Labute approximate surface area is 82.0 Å². The summed E-state index contributed by atoms with van der Waals surface area (Å²) in [4.78, 5) is 10.5. The second kappa shape index (κ2) is 5.22. The van der Waals surface area contributed by atoms with Crippen LogP contribution in [0.4, 0.5) is 0 Å². The van der Waals surface area contributed by atoms with Crippen molar-refractivity contribution < 1.29 is 9.53 Å². The molecule has 0 radical (unpaired) electrons. The summed E-state index contributed by atoms with van der Waals surface area (Å²) in [7, 11) is -1.04. The Morgan fingerprint density at radius 1 is 1.38 bits per heavy atom. The lowest BCUT2D eigenvalue weighted by atomic mass is 10.2. The molecule has 0 aliphatic rings. The average molecular weight is 200 g/mol. The van der Waals surface area contributed by atoms with E-state index in [4.69, 9.17) is 4.74 Å². The third-order valence-corrected chi connectivity index (χ3v) is 3.10. The van der Waals surface area contributed by atoms with E-state index in [2.05, 4.69) is 26.2 Å². The van der Waals surface area contributed by atoms with E-state index < -0.39 is 8.07 Å². The molecule has 0 bridgehead atoms. The van der Waals surface area contributed by atoms with Gasteiger partial charge in [0.05, 0.1) is 6.61 Å². The van der Waals surface area contributed by atoms with Gasteiger partial charge in [-0.25, -0.2) is 0 Å². The highest BCUT2D eigenvalue weighted by molar-refractivity contribution is 6.76. The minimum atomic E-state index is -1.04. The van der Waals surface area contributed by atoms with Crippen LogP contribution in [-0.2, 0) is 9.53 Å². The van der Waals surface area contributed by atoms with Crippen molar-refractivity contribution >= 4 is 14.0 Å². The number of rotatable bonds is 5. The maximum absolute atomic E-state index is 10.5. The van der Waals surface area contributed by atoms with Crippen LogP contribution in [0, 0.1) is 0 Å². The minimum Gasteiger partial charge on any atom is -0.466 e. The van der Waals surface area contributed by atoms with Crippen molar-refractivity contribution in [3.05, 3.63) is 12.2 Å². The fraction of sp³-hybridized carbons (Fsp3) is 0.700. The van der Waals surface area contributed by atoms with Gasteiger partial charge in [-0.2, -0.15) is 0 Å². The fourth-order valence-electron chi connectivity index (χ4n) is 1.18. The Bertz CT molecular complexity index is 192. The number of carbonyl (C=O) groups is 1. The quantitative estimate of drug-likeness (QED) is 0.387. The Morgan fingerprint density at radius 3 is 2.31 bits per heavy atom. The van der Waals surface area contributed by atoms with Gasteiger partial charge < -0.3 is 4.74 Å². The summed E-state index contributed by atoms with van der Waals surface area (Å²) < 4.78 is 4.84. The zero-order chi connectivity index (χ0) is 10.5. The van der Waals surface area contributed by atoms with Crippen LogP contribution in [-0.4, -0.2) is 20.7 Å². The molecule has 13 heavy (non-hydrogen) atoms. The molecule has 0 aromatic heterocycles. The molecule has 0 N–H and O–H groups in total. The van der Waals surface area contributed by atoms with Crippen LogP contribution in [0.2, 0.25) is 25.7 Å². The van der Waals surface area contributed by atoms with Gasteiger partial charge >= 0.3 is 5.97 Å². The largest absolute Gasteiger partial charge is 0.466 e. The first-order valence-corrected chi connectivity index (χ1v) is 8.32. The molecule has 0 atom stereocenters. The molecular weight excluding hydrogens is 180 g/mol. The Morgan fingerprint density at radius 2 is 1.92 bits per heavy atom. The molecule has 0 amide bonds. The van der Waals surface area contributed by atoms with Crippen molar-refractivity contribution in [2.24, 2.45) is 0 Å². The van der Waals surface area contributed by atoms with Gasteiger partial charge in [-0.3, -0.25) is 4.79 Å². The number of hydrogen-bond acceptors (Lipinski definition) is 2. The minimum absolute atomic E-state index is 0.208. The summed E-state index contributed by atoms with van der Waals surface area (Å²) >= 11 is 0. The predicted molar refractivity (Wildman–Crippen MR) is 58.5 cm³/mol. The van der Waals surface area contributed by atoms with Crippen LogP contribution in [0.15, 0.2) is 12.2 Å². The summed E-state index contributed by atoms with van der Waals surface area (Å²) in [6, 6.07) is 1.12. The van der Waals surface area contributed by atoms with E-state index in [-0.39, 0.29) is 5.97 Å². The maximum Gasteiger partial charge on any atom is 0.302 e. The Balaban J connectivity index is 3.59. The van der Waals surface area contributed by atoms with Crippen molar-refractivity contribution in [2.75, 3.05) is 6.61 Å². The summed E-state index contributed by atoms with van der Waals surface area (Å²) in [5, 5.41) is 0. The van der Waals surface area contributed by atoms with Crippen molar-refractivity contribution in [2.45, 2.75) is 39.0 Å². The van der Waals surface area contributed by atoms with Crippen LogP contribution in [0.25, 0.3) is 0 Å². The molecule has 76 valence electrons. The molecule has 3 heteroatoms. The topological polar surface area (TPSA) is 26.3 Å². The molecule has 0 unspecified atom stereocenters. The van der Waals surface area contributed by atoms with E-state index in [1.54, 1.807) is 0 Å². The molecule has 0 spiro atoms. The molecule has 0 aromatic rings. The van der Waals surface area contributed by atoms with Crippen molar-refractivity contribution in [1.29, 1.82) is 0 Å². The number of ether oxygens (including phenoxy) is 1. The fourth-order valence-corrected chi connectivity index (χ4v) is 2.85. The zero-order valence-corrected chi connectivity index (χ0v) is 10.1. The van der Waals surface area contributed by atoms with Gasteiger partial charge in [0.15, 0.2) is 0 Å². The van der Waals surface area contributed by atoms with E-state index in [9.17, 15) is 4.79 Å². The third-order valence-electron chi connectivity index (χ3n) is 1.54. The van der Waals surface area contributed by atoms with Crippen LogP contribution in [0.1, 0.15) is 13.3 Å². The van der Waals surface area contributed by atoms with Gasteiger partial charge in [0.1, 0.15) is 0 Å². The van der Waals surface area contributed by atoms with Gasteiger partial charge in [0, 0.05) is 21.4 Å². The summed E-state index contributed by atoms with van der Waals surface area (Å²) in [5.41, 5.74) is 1.21. The highest BCUT2D eigenvalue weighted by atomic mass is 28.3. The summed E-state index contributed by atoms with van der Waals surface area (Å²) in [6.45, 7) is 12.8. The molecule has 2 nitrogen and oxygen atoms in total. The van der Waals surface area contributed by atoms with Crippen LogP contribution in [0.5, 0.6) is 0 Å². The van der Waals surface area contributed by atoms with E-state index in [1.807, 2.05) is 0 Å². The molecule has 0 heterocycles. The van der Waals surface area contributed by atoms with Crippen LogP contribution in [0.3, 0.4) is 0 Å².